The maximum atomic E-state index is 12.8. The highest BCUT2D eigenvalue weighted by molar-refractivity contribution is 6.33. The van der Waals surface area contributed by atoms with Gasteiger partial charge in [-0.3, -0.25) is 0 Å². The van der Waals surface area contributed by atoms with Crippen LogP contribution in [-0.4, -0.2) is 0 Å². The van der Waals surface area contributed by atoms with E-state index in [1.165, 1.54) is 24.4 Å². The van der Waals surface area contributed by atoms with E-state index >= 15 is 0 Å². The molecule has 0 spiro atoms. The lowest BCUT2D eigenvalue weighted by Gasteiger charge is -2.02. The fraction of sp³-hybridized carbons (Fsp3) is 0. The van der Waals surface area contributed by atoms with Crippen molar-refractivity contribution in [1.29, 1.82) is 10.5 Å². The van der Waals surface area contributed by atoms with Crippen LogP contribution in [0.1, 0.15) is 0 Å². The molecule has 1 aromatic rings. The molecule has 3 nitrogen and oxygen atoms in total. The summed E-state index contributed by atoms with van der Waals surface area (Å²) in [6, 6.07) is 7.08. The lowest BCUT2D eigenvalue weighted by Crippen LogP contribution is -1.91. The molecular weight excluding hydrogens is 217 g/mol. The van der Waals surface area contributed by atoms with Gasteiger partial charge in [-0.05, 0) is 18.2 Å². The van der Waals surface area contributed by atoms with Gasteiger partial charge in [-0.15, -0.1) is 0 Å². The molecule has 0 aliphatic rings. The molecule has 0 saturated carbocycles. The Hall–Kier alpha value is -2.04. The third-order valence-electron chi connectivity index (χ3n) is 1.54. The quantitative estimate of drug-likeness (QED) is 0.782. The second-order valence-corrected chi connectivity index (χ2v) is 2.96. The van der Waals surface area contributed by atoms with Crippen molar-refractivity contribution in [2.45, 2.75) is 0 Å². The van der Waals surface area contributed by atoms with Crippen LogP contribution in [0, 0.1) is 28.5 Å². The Morgan fingerprint density at radius 3 is 2.67 bits per heavy atom. The van der Waals surface area contributed by atoms with Gasteiger partial charge in [0.2, 0.25) is 0 Å². The van der Waals surface area contributed by atoms with E-state index in [2.05, 4.69) is 5.32 Å². The van der Waals surface area contributed by atoms with Gasteiger partial charge >= 0.3 is 0 Å². The lowest BCUT2D eigenvalue weighted by atomic mass is 10.3. The second kappa shape index (κ2) is 4.99. The van der Waals surface area contributed by atoms with Crippen molar-refractivity contribution < 1.29 is 4.39 Å². The first-order chi connectivity index (χ1) is 7.17. The minimum Gasteiger partial charge on any atom is -0.359 e. The Kier molecular flexibility index (Phi) is 3.68. The molecule has 1 aromatic carbocycles. The summed E-state index contributed by atoms with van der Waals surface area (Å²) in [7, 11) is 0. The van der Waals surface area contributed by atoms with Gasteiger partial charge < -0.3 is 5.32 Å². The van der Waals surface area contributed by atoms with Crippen LogP contribution < -0.4 is 5.32 Å². The SMILES string of the molecule is N#CC(C#N)=CNc1cc(F)ccc1Cl. The van der Waals surface area contributed by atoms with Crippen LogP contribution >= 0.6 is 11.6 Å². The first kappa shape index (κ1) is 11.0. The number of nitriles is 2. The molecule has 0 heterocycles. The van der Waals surface area contributed by atoms with E-state index in [4.69, 9.17) is 22.1 Å². The molecule has 1 rings (SSSR count). The Labute approximate surface area is 91.0 Å². The minimum absolute atomic E-state index is 0.115. The topological polar surface area (TPSA) is 59.6 Å². The summed E-state index contributed by atoms with van der Waals surface area (Å²) in [6.45, 7) is 0. The van der Waals surface area contributed by atoms with Gasteiger partial charge in [0.05, 0.1) is 10.7 Å². The van der Waals surface area contributed by atoms with Gasteiger partial charge in [-0.2, -0.15) is 10.5 Å². The van der Waals surface area contributed by atoms with Crippen LogP contribution in [0.2, 0.25) is 5.02 Å². The molecule has 0 atom stereocenters. The highest BCUT2D eigenvalue weighted by Gasteiger charge is 2.00. The molecule has 0 fully saturated rings. The first-order valence-electron chi connectivity index (χ1n) is 3.89. The normalized spacial score (nSPS) is 8.53. The Balaban J connectivity index is 2.92. The average Bonchev–Trinajstić information content (AvgIpc) is 2.24. The molecule has 1 N–H and O–H groups in total. The molecule has 0 bridgehead atoms. The molecule has 5 heteroatoms. The fourth-order valence-corrected chi connectivity index (χ4v) is 1.02. The Morgan fingerprint density at radius 2 is 2.07 bits per heavy atom. The molecule has 0 aromatic heterocycles. The number of allylic oxidation sites excluding steroid dienone is 1. The number of anilines is 1. The van der Waals surface area contributed by atoms with Crippen LogP contribution in [0.5, 0.6) is 0 Å². The van der Waals surface area contributed by atoms with Crippen molar-refractivity contribution in [2.24, 2.45) is 0 Å². The molecule has 0 saturated heterocycles. The number of halogens is 2. The van der Waals surface area contributed by atoms with E-state index < -0.39 is 5.82 Å². The molecule has 0 aliphatic heterocycles. The van der Waals surface area contributed by atoms with Crippen LogP contribution in [-0.2, 0) is 0 Å². The highest BCUT2D eigenvalue weighted by Crippen LogP contribution is 2.22. The Bertz CT molecular complexity index is 466. The van der Waals surface area contributed by atoms with Crippen LogP contribution in [0.3, 0.4) is 0 Å². The minimum atomic E-state index is -0.453. The maximum absolute atomic E-state index is 12.8. The van der Waals surface area contributed by atoms with Crippen molar-refractivity contribution in [3.63, 3.8) is 0 Å². The standard InChI is InChI=1S/C10H5ClFN3/c11-9-2-1-8(12)3-10(9)15-6-7(4-13)5-14/h1-3,6,15H. The summed E-state index contributed by atoms with van der Waals surface area (Å²) in [5, 5.41) is 19.8. The summed E-state index contributed by atoms with van der Waals surface area (Å²) >= 11 is 5.74. The lowest BCUT2D eigenvalue weighted by molar-refractivity contribution is 0.628. The van der Waals surface area contributed by atoms with Crippen molar-refractivity contribution in [3.05, 3.63) is 40.8 Å². The molecule has 0 radical (unpaired) electrons. The predicted octanol–water partition coefficient (Wildman–Crippen LogP) is 2.82. The third kappa shape index (κ3) is 2.98. The van der Waals surface area contributed by atoms with Gasteiger partial charge in [-0.1, -0.05) is 11.6 Å². The number of nitrogens with zero attached hydrogens (tertiary/aromatic N) is 2. The summed E-state index contributed by atoms with van der Waals surface area (Å²) in [5.41, 5.74) is 0.190. The highest BCUT2D eigenvalue weighted by atomic mass is 35.5. The summed E-state index contributed by atoms with van der Waals surface area (Å²) in [4.78, 5) is 0. The molecule has 15 heavy (non-hydrogen) atoms. The largest absolute Gasteiger partial charge is 0.359 e. The molecule has 0 unspecified atom stereocenters. The second-order valence-electron chi connectivity index (χ2n) is 2.55. The van der Waals surface area contributed by atoms with E-state index in [1.807, 2.05) is 0 Å². The van der Waals surface area contributed by atoms with Gasteiger partial charge in [0.1, 0.15) is 23.5 Å². The van der Waals surface area contributed by atoms with Crippen molar-refractivity contribution in [1.82, 2.24) is 0 Å². The van der Waals surface area contributed by atoms with Gasteiger partial charge in [0.25, 0.3) is 0 Å². The first-order valence-corrected chi connectivity index (χ1v) is 4.27. The molecule has 0 amide bonds. The van der Waals surface area contributed by atoms with Gasteiger partial charge in [-0.25, -0.2) is 4.39 Å². The van der Waals surface area contributed by atoms with E-state index in [1.54, 1.807) is 12.1 Å². The van der Waals surface area contributed by atoms with Crippen molar-refractivity contribution >= 4 is 17.3 Å². The molecular formula is C10H5ClFN3. The number of rotatable bonds is 2. The maximum Gasteiger partial charge on any atom is 0.145 e. The number of nitrogens with one attached hydrogen (secondary N) is 1. The van der Waals surface area contributed by atoms with E-state index in [0.29, 0.717) is 10.7 Å². The molecule has 0 aliphatic carbocycles. The average molecular weight is 222 g/mol. The zero-order valence-electron chi connectivity index (χ0n) is 7.46. The number of benzene rings is 1. The van der Waals surface area contributed by atoms with E-state index in [-0.39, 0.29) is 5.57 Å². The zero-order chi connectivity index (χ0) is 11.3. The third-order valence-corrected chi connectivity index (χ3v) is 1.87. The smallest absolute Gasteiger partial charge is 0.145 e. The van der Waals surface area contributed by atoms with Crippen LogP contribution in [0.15, 0.2) is 30.0 Å². The van der Waals surface area contributed by atoms with Gasteiger partial charge in [0, 0.05) is 6.20 Å². The predicted molar refractivity (Wildman–Crippen MR) is 54.3 cm³/mol. The number of hydrogen-bond acceptors (Lipinski definition) is 3. The monoisotopic (exact) mass is 221 g/mol. The fourth-order valence-electron chi connectivity index (χ4n) is 0.848. The summed E-state index contributed by atoms with van der Waals surface area (Å²) in [5.74, 6) is -0.453. The van der Waals surface area contributed by atoms with E-state index in [0.717, 1.165) is 0 Å². The summed E-state index contributed by atoms with van der Waals surface area (Å²) < 4.78 is 12.8. The Morgan fingerprint density at radius 1 is 1.40 bits per heavy atom. The zero-order valence-corrected chi connectivity index (χ0v) is 8.22. The number of hydrogen-bond donors (Lipinski definition) is 1. The van der Waals surface area contributed by atoms with Gasteiger partial charge in [0.15, 0.2) is 0 Å². The van der Waals surface area contributed by atoms with Crippen molar-refractivity contribution in [3.8, 4) is 12.1 Å². The van der Waals surface area contributed by atoms with E-state index in [9.17, 15) is 4.39 Å². The molecule has 74 valence electrons. The van der Waals surface area contributed by atoms with Crippen molar-refractivity contribution in [2.75, 3.05) is 5.32 Å². The van der Waals surface area contributed by atoms with Crippen LogP contribution in [0.4, 0.5) is 10.1 Å². The summed E-state index contributed by atoms with van der Waals surface area (Å²) in [6.07, 6.45) is 1.17. The van der Waals surface area contributed by atoms with Crippen LogP contribution in [0.25, 0.3) is 0 Å².